The number of allylic oxidation sites excluding steroid dienone is 2. The zero-order valence-electron chi connectivity index (χ0n) is 5.06. The van der Waals surface area contributed by atoms with Crippen LogP contribution in [0.4, 0.5) is 0 Å². The maximum absolute atomic E-state index is 9.88. The van der Waals surface area contributed by atoms with E-state index in [9.17, 15) is 4.79 Å². The molecule has 0 spiro atoms. The third-order valence-corrected chi connectivity index (χ3v) is 0.935. The Labute approximate surface area is 48.6 Å². The molecule has 0 fully saturated rings. The first kappa shape index (κ1) is 7.01. The van der Waals surface area contributed by atoms with Crippen LogP contribution in [0.2, 0.25) is 0 Å². The van der Waals surface area contributed by atoms with Crippen molar-refractivity contribution in [2.75, 3.05) is 7.05 Å². The molecule has 0 rings (SSSR count). The molecule has 0 aliphatic rings. The van der Waals surface area contributed by atoms with Crippen molar-refractivity contribution >= 4 is 6.29 Å². The Morgan fingerprint density at radius 1 is 1.75 bits per heavy atom. The Hall–Kier alpha value is -0.990. The van der Waals surface area contributed by atoms with E-state index in [4.69, 9.17) is 5.73 Å². The second-order valence-corrected chi connectivity index (χ2v) is 1.45. The highest BCUT2D eigenvalue weighted by molar-refractivity contribution is 5.72. The normalized spacial score (nSPS) is 12.2. The molecule has 0 bridgehead atoms. The molecular weight excluding hydrogens is 104 g/mol. The molecule has 0 amide bonds. The standard InChI is InChI=1S/C5H10N2O/c1-4(7-2)5(6)3-8/h3,7H,6H2,1-2H3/b5-4+. The first-order valence-electron chi connectivity index (χ1n) is 2.31. The van der Waals surface area contributed by atoms with Gasteiger partial charge < -0.3 is 11.1 Å². The molecule has 0 saturated carbocycles. The van der Waals surface area contributed by atoms with Gasteiger partial charge in [-0.05, 0) is 6.92 Å². The Kier molecular flexibility index (Phi) is 2.69. The van der Waals surface area contributed by atoms with Gasteiger partial charge >= 0.3 is 0 Å². The van der Waals surface area contributed by atoms with Crippen molar-refractivity contribution in [1.82, 2.24) is 5.32 Å². The van der Waals surface area contributed by atoms with Crippen LogP contribution >= 0.6 is 0 Å². The van der Waals surface area contributed by atoms with E-state index in [0.29, 0.717) is 12.0 Å². The van der Waals surface area contributed by atoms with Crippen LogP contribution in [0, 0.1) is 0 Å². The molecule has 3 nitrogen and oxygen atoms in total. The van der Waals surface area contributed by atoms with E-state index in [1.54, 1.807) is 14.0 Å². The number of carbonyl (C=O) groups is 1. The monoisotopic (exact) mass is 114 g/mol. The van der Waals surface area contributed by atoms with Crippen molar-refractivity contribution < 1.29 is 4.79 Å². The minimum Gasteiger partial charge on any atom is -0.395 e. The van der Waals surface area contributed by atoms with Gasteiger partial charge in [-0.15, -0.1) is 0 Å². The zero-order chi connectivity index (χ0) is 6.57. The molecule has 8 heavy (non-hydrogen) atoms. The molecule has 0 aromatic heterocycles. The number of rotatable bonds is 2. The van der Waals surface area contributed by atoms with Crippen molar-refractivity contribution in [2.24, 2.45) is 5.73 Å². The van der Waals surface area contributed by atoms with Crippen LogP contribution in [-0.2, 0) is 4.79 Å². The minimum atomic E-state index is 0.257. The fourth-order valence-electron chi connectivity index (χ4n) is 0.233. The number of hydrogen-bond acceptors (Lipinski definition) is 3. The van der Waals surface area contributed by atoms with Crippen LogP contribution in [-0.4, -0.2) is 13.3 Å². The molecule has 0 atom stereocenters. The molecular formula is C5H10N2O. The van der Waals surface area contributed by atoms with Gasteiger partial charge in [0, 0.05) is 12.7 Å². The maximum Gasteiger partial charge on any atom is 0.167 e. The molecule has 3 heteroatoms. The first-order valence-corrected chi connectivity index (χ1v) is 2.31. The van der Waals surface area contributed by atoms with E-state index in [1.807, 2.05) is 0 Å². The lowest BCUT2D eigenvalue weighted by molar-refractivity contribution is -0.105. The van der Waals surface area contributed by atoms with Crippen LogP contribution < -0.4 is 11.1 Å². The third kappa shape index (κ3) is 1.64. The predicted molar refractivity (Wildman–Crippen MR) is 32.0 cm³/mol. The highest BCUT2D eigenvalue weighted by atomic mass is 16.1. The van der Waals surface area contributed by atoms with Crippen molar-refractivity contribution in [1.29, 1.82) is 0 Å². The second-order valence-electron chi connectivity index (χ2n) is 1.45. The number of hydrogen-bond donors (Lipinski definition) is 2. The number of nitrogens with one attached hydrogen (secondary N) is 1. The van der Waals surface area contributed by atoms with E-state index in [-0.39, 0.29) is 5.70 Å². The Morgan fingerprint density at radius 3 is 2.38 bits per heavy atom. The van der Waals surface area contributed by atoms with Gasteiger partial charge in [0.15, 0.2) is 6.29 Å². The number of carbonyl (C=O) groups excluding carboxylic acids is 1. The quantitative estimate of drug-likeness (QED) is 0.379. The summed E-state index contributed by atoms with van der Waals surface area (Å²) in [4.78, 5) is 9.88. The summed E-state index contributed by atoms with van der Waals surface area (Å²) in [7, 11) is 1.71. The lowest BCUT2D eigenvalue weighted by Crippen LogP contribution is -2.11. The zero-order valence-corrected chi connectivity index (χ0v) is 5.06. The Bertz CT molecular complexity index is 118. The minimum absolute atomic E-state index is 0.257. The van der Waals surface area contributed by atoms with Gasteiger partial charge in [0.1, 0.15) is 0 Å². The van der Waals surface area contributed by atoms with Gasteiger partial charge in [-0.2, -0.15) is 0 Å². The summed E-state index contributed by atoms with van der Waals surface area (Å²) in [6.07, 6.45) is 0.617. The molecule has 0 aliphatic heterocycles. The molecule has 0 heterocycles. The number of nitrogens with two attached hydrogens (primary N) is 1. The van der Waals surface area contributed by atoms with Crippen LogP contribution in [0.1, 0.15) is 6.92 Å². The second kappa shape index (κ2) is 3.07. The summed E-state index contributed by atoms with van der Waals surface area (Å²) in [5.74, 6) is 0. The molecule has 3 N–H and O–H groups in total. The molecule has 0 radical (unpaired) electrons. The third-order valence-electron chi connectivity index (χ3n) is 0.935. The molecule has 0 saturated heterocycles. The highest BCUT2D eigenvalue weighted by Crippen LogP contribution is 1.85. The molecule has 0 unspecified atom stereocenters. The predicted octanol–water partition coefficient (Wildman–Crippen LogP) is -0.405. The van der Waals surface area contributed by atoms with Gasteiger partial charge in [0.25, 0.3) is 0 Å². The van der Waals surface area contributed by atoms with Crippen LogP contribution in [0.25, 0.3) is 0 Å². The van der Waals surface area contributed by atoms with Gasteiger partial charge in [-0.1, -0.05) is 0 Å². The smallest absolute Gasteiger partial charge is 0.167 e. The summed E-state index contributed by atoms with van der Waals surface area (Å²) in [5, 5.41) is 2.74. The summed E-state index contributed by atoms with van der Waals surface area (Å²) in [6.45, 7) is 1.74. The van der Waals surface area contributed by atoms with Gasteiger partial charge in [-0.3, -0.25) is 4.79 Å². The first-order chi connectivity index (χ1) is 3.72. The van der Waals surface area contributed by atoms with E-state index in [0.717, 1.165) is 0 Å². The molecule has 0 aliphatic carbocycles. The van der Waals surface area contributed by atoms with Crippen LogP contribution in [0.15, 0.2) is 11.4 Å². The van der Waals surface area contributed by atoms with Crippen molar-refractivity contribution in [2.45, 2.75) is 6.92 Å². The van der Waals surface area contributed by atoms with Crippen molar-refractivity contribution in [3.63, 3.8) is 0 Å². The molecule has 0 aromatic rings. The van der Waals surface area contributed by atoms with Gasteiger partial charge in [0.05, 0.1) is 5.70 Å². The Balaban J connectivity index is 4.03. The summed E-state index contributed by atoms with van der Waals surface area (Å²) >= 11 is 0. The average molecular weight is 114 g/mol. The maximum atomic E-state index is 9.88. The summed E-state index contributed by atoms with van der Waals surface area (Å²) < 4.78 is 0. The fraction of sp³-hybridized carbons (Fsp3) is 0.400. The van der Waals surface area contributed by atoms with Gasteiger partial charge in [-0.25, -0.2) is 0 Å². The Morgan fingerprint density at radius 2 is 2.25 bits per heavy atom. The van der Waals surface area contributed by atoms with E-state index < -0.39 is 0 Å². The SMILES string of the molecule is CN/C(C)=C(/N)C=O. The van der Waals surface area contributed by atoms with E-state index in [1.165, 1.54) is 0 Å². The summed E-state index contributed by atoms with van der Waals surface area (Å²) in [5.41, 5.74) is 6.14. The number of aldehydes is 1. The van der Waals surface area contributed by atoms with Crippen LogP contribution in [0.5, 0.6) is 0 Å². The molecule has 46 valence electrons. The van der Waals surface area contributed by atoms with Gasteiger partial charge in [0.2, 0.25) is 0 Å². The molecule has 0 aromatic carbocycles. The average Bonchev–Trinajstić information content (AvgIpc) is 1.84. The topological polar surface area (TPSA) is 55.1 Å². The lowest BCUT2D eigenvalue weighted by atomic mass is 10.4. The van der Waals surface area contributed by atoms with Crippen molar-refractivity contribution in [3.05, 3.63) is 11.4 Å². The van der Waals surface area contributed by atoms with Crippen molar-refractivity contribution in [3.8, 4) is 0 Å². The largest absolute Gasteiger partial charge is 0.395 e. The van der Waals surface area contributed by atoms with E-state index >= 15 is 0 Å². The fourth-order valence-corrected chi connectivity index (χ4v) is 0.233. The van der Waals surface area contributed by atoms with E-state index in [2.05, 4.69) is 5.32 Å². The van der Waals surface area contributed by atoms with Crippen LogP contribution in [0.3, 0.4) is 0 Å². The highest BCUT2D eigenvalue weighted by Gasteiger charge is 1.88. The lowest BCUT2D eigenvalue weighted by Gasteiger charge is -1.97. The summed E-state index contributed by atoms with van der Waals surface area (Å²) in [6, 6.07) is 0.